The molecule has 5 heteroatoms. The molecular weight excluding hydrogens is 252 g/mol. The van der Waals surface area contributed by atoms with Gasteiger partial charge < -0.3 is 10.1 Å². The molecule has 20 heavy (non-hydrogen) atoms. The first-order valence-corrected chi connectivity index (χ1v) is 6.31. The van der Waals surface area contributed by atoms with Gasteiger partial charge in [-0.15, -0.1) is 0 Å². The van der Waals surface area contributed by atoms with Crippen LogP contribution in [0.4, 0.5) is 5.69 Å². The number of ether oxygens (including phenoxy) is 1. The van der Waals surface area contributed by atoms with Crippen LogP contribution in [0.1, 0.15) is 5.82 Å². The molecule has 1 heterocycles. The zero-order valence-electron chi connectivity index (χ0n) is 10.8. The Hall–Kier alpha value is -2.82. The molecule has 0 unspecified atom stereocenters. The quantitative estimate of drug-likeness (QED) is 0.744. The molecular formula is C15H14N4O. The number of H-pyrrole nitrogens is 1. The Morgan fingerprint density at radius 3 is 2.40 bits per heavy atom. The van der Waals surface area contributed by atoms with Gasteiger partial charge in [0, 0.05) is 5.69 Å². The number of aromatic amines is 1. The molecule has 3 rings (SSSR count). The highest BCUT2D eigenvalue weighted by Crippen LogP contribution is 2.22. The predicted octanol–water partition coefficient (Wildman–Crippen LogP) is 3.21. The molecule has 0 fully saturated rings. The Morgan fingerprint density at radius 2 is 1.70 bits per heavy atom. The van der Waals surface area contributed by atoms with Crippen LogP contribution in [0.25, 0.3) is 0 Å². The molecule has 0 aliphatic carbocycles. The van der Waals surface area contributed by atoms with Crippen molar-refractivity contribution < 1.29 is 4.74 Å². The molecule has 0 saturated carbocycles. The number of nitrogens with one attached hydrogen (secondary N) is 2. The highest BCUT2D eigenvalue weighted by atomic mass is 16.5. The van der Waals surface area contributed by atoms with E-state index in [-0.39, 0.29) is 0 Å². The maximum atomic E-state index is 5.73. The maximum Gasteiger partial charge on any atom is 0.143 e. The van der Waals surface area contributed by atoms with E-state index in [0.29, 0.717) is 6.54 Å². The standard InChI is InChI=1S/C15H14N4O/c1-2-4-13(5-3-1)20-14-8-6-12(7-9-14)16-10-15-17-11-18-19-15/h1-9,11,16H,10H2,(H,17,18,19). The van der Waals surface area contributed by atoms with E-state index in [0.717, 1.165) is 23.0 Å². The number of rotatable bonds is 5. The minimum absolute atomic E-state index is 0.610. The van der Waals surface area contributed by atoms with Gasteiger partial charge in [0.25, 0.3) is 0 Å². The van der Waals surface area contributed by atoms with E-state index in [9.17, 15) is 0 Å². The summed E-state index contributed by atoms with van der Waals surface area (Å²) in [4.78, 5) is 4.05. The molecule has 100 valence electrons. The van der Waals surface area contributed by atoms with Gasteiger partial charge in [-0.1, -0.05) is 18.2 Å². The monoisotopic (exact) mass is 266 g/mol. The van der Waals surface area contributed by atoms with Gasteiger partial charge in [0.05, 0.1) is 6.54 Å². The lowest BCUT2D eigenvalue weighted by Gasteiger charge is -2.07. The zero-order valence-corrected chi connectivity index (χ0v) is 10.8. The van der Waals surface area contributed by atoms with Crippen molar-refractivity contribution in [1.29, 1.82) is 0 Å². The largest absolute Gasteiger partial charge is 0.457 e. The van der Waals surface area contributed by atoms with Crippen molar-refractivity contribution in [2.24, 2.45) is 0 Å². The first-order chi connectivity index (χ1) is 9.90. The van der Waals surface area contributed by atoms with E-state index in [4.69, 9.17) is 4.74 Å². The summed E-state index contributed by atoms with van der Waals surface area (Å²) in [7, 11) is 0. The van der Waals surface area contributed by atoms with Gasteiger partial charge in [0.15, 0.2) is 0 Å². The minimum Gasteiger partial charge on any atom is -0.457 e. The van der Waals surface area contributed by atoms with Crippen LogP contribution in [-0.2, 0) is 6.54 Å². The SMILES string of the molecule is c1ccc(Oc2ccc(NCc3ncn[nH]3)cc2)cc1. The molecule has 0 bridgehead atoms. The molecule has 2 aromatic carbocycles. The highest BCUT2D eigenvalue weighted by molar-refractivity contribution is 5.47. The van der Waals surface area contributed by atoms with Crippen LogP contribution >= 0.6 is 0 Å². The van der Waals surface area contributed by atoms with Crippen LogP contribution in [0.2, 0.25) is 0 Å². The fourth-order valence-corrected chi connectivity index (χ4v) is 1.77. The number of para-hydroxylation sites is 1. The van der Waals surface area contributed by atoms with Gasteiger partial charge in [-0.2, -0.15) is 5.10 Å². The third-order valence-corrected chi connectivity index (χ3v) is 2.76. The van der Waals surface area contributed by atoms with Crippen molar-refractivity contribution in [1.82, 2.24) is 15.2 Å². The fourth-order valence-electron chi connectivity index (χ4n) is 1.77. The number of aromatic nitrogens is 3. The van der Waals surface area contributed by atoms with Crippen molar-refractivity contribution in [3.8, 4) is 11.5 Å². The van der Waals surface area contributed by atoms with E-state index in [2.05, 4.69) is 20.5 Å². The molecule has 0 aliphatic rings. The number of anilines is 1. The lowest BCUT2D eigenvalue weighted by Crippen LogP contribution is -2.01. The van der Waals surface area contributed by atoms with Gasteiger partial charge in [-0.3, -0.25) is 5.10 Å². The Morgan fingerprint density at radius 1 is 0.950 bits per heavy atom. The number of hydrogen-bond acceptors (Lipinski definition) is 4. The molecule has 5 nitrogen and oxygen atoms in total. The number of nitrogens with zero attached hydrogens (tertiary/aromatic N) is 2. The molecule has 2 N–H and O–H groups in total. The van der Waals surface area contributed by atoms with Crippen molar-refractivity contribution in [2.75, 3.05) is 5.32 Å². The van der Waals surface area contributed by atoms with E-state index in [1.165, 1.54) is 6.33 Å². The summed E-state index contributed by atoms with van der Waals surface area (Å²) in [6.45, 7) is 0.610. The third-order valence-electron chi connectivity index (χ3n) is 2.76. The number of benzene rings is 2. The first kappa shape index (κ1) is 12.2. The average molecular weight is 266 g/mol. The summed E-state index contributed by atoms with van der Waals surface area (Å²) in [5.41, 5.74) is 1.00. The Labute approximate surface area is 116 Å². The molecule has 0 saturated heterocycles. The zero-order chi connectivity index (χ0) is 13.6. The van der Waals surface area contributed by atoms with Gasteiger partial charge in [-0.25, -0.2) is 4.98 Å². The van der Waals surface area contributed by atoms with E-state index in [1.54, 1.807) is 0 Å². The smallest absolute Gasteiger partial charge is 0.143 e. The fraction of sp³-hybridized carbons (Fsp3) is 0.0667. The highest BCUT2D eigenvalue weighted by Gasteiger charge is 1.98. The Kier molecular flexibility index (Phi) is 3.59. The second-order valence-electron chi connectivity index (χ2n) is 4.23. The van der Waals surface area contributed by atoms with E-state index < -0.39 is 0 Å². The molecule has 0 aliphatic heterocycles. The molecule has 1 aromatic heterocycles. The second kappa shape index (κ2) is 5.88. The summed E-state index contributed by atoms with van der Waals surface area (Å²) in [6, 6.07) is 17.5. The molecule has 3 aromatic rings. The average Bonchev–Trinajstić information content (AvgIpc) is 3.01. The van der Waals surface area contributed by atoms with Crippen LogP contribution in [0.5, 0.6) is 11.5 Å². The van der Waals surface area contributed by atoms with Crippen molar-refractivity contribution in [2.45, 2.75) is 6.54 Å². The normalized spacial score (nSPS) is 10.2. The Bertz CT molecular complexity index is 635. The van der Waals surface area contributed by atoms with Crippen molar-refractivity contribution in [3.63, 3.8) is 0 Å². The summed E-state index contributed by atoms with van der Waals surface area (Å²) in [6.07, 6.45) is 1.49. The second-order valence-corrected chi connectivity index (χ2v) is 4.23. The molecule has 0 atom stereocenters. The predicted molar refractivity (Wildman–Crippen MR) is 76.7 cm³/mol. The maximum absolute atomic E-state index is 5.73. The van der Waals surface area contributed by atoms with Gasteiger partial charge >= 0.3 is 0 Å². The van der Waals surface area contributed by atoms with Crippen LogP contribution in [0, 0.1) is 0 Å². The van der Waals surface area contributed by atoms with Crippen LogP contribution in [0.3, 0.4) is 0 Å². The van der Waals surface area contributed by atoms with E-state index in [1.807, 2.05) is 54.6 Å². The molecule has 0 spiro atoms. The summed E-state index contributed by atoms with van der Waals surface area (Å²) in [5.74, 6) is 2.44. The van der Waals surface area contributed by atoms with E-state index >= 15 is 0 Å². The first-order valence-electron chi connectivity index (χ1n) is 6.31. The number of hydrogen-bond donors (Lipinski definition) is 2. The summed E-state index contributed by atoms with van der Waals surface area (Å²) in [5, 5.41) is 9.85. The lowest BCUT2D eigenvalue weighted by atomic mass is 10.3. The van der Waals surface area contributed by atoms with Gasteiger partial charge in [0.1, 0.15) is 23.7 Å². The van der Waals surface area contributed by atoms with Gasteiger partial charge in [0.2, 0.25) is 0 Å². The van der Waals surface area contributed by atoms with Crippen LogP contribution in [0.15, 0.2) is 60.9 Å². The summed E-state index contributed by atoms with van der Waals surface area (Å²) >= 11 is 0. The molecule has 0 radical (unpaired) electrons. The lowest BCUT2D eigenvalue weighted by molar-refractivity contribution is 0.483. The van der Waals surface area contributed by atoms with Crippen LogP contribution < -0.4 is 10.1 Å². The summed E-state index contributed by atoms with van der Waals surface area (Å²) < 4.78 is 5.73. The van der Waals surface area contributed by atoms with Crippen LogP contribution in [-0.4, -0.2) is 15.2 Å². The van der Waals surface area contributed by atoms with Crippen molar-refractivity contribution in [3.05, 3.63) is 66.7 Å². The van der Waals surface area contributed by atoms with Crippen molar-refractivity contribution >= 4 is 5.69 Å². The van der Waals surface area contributed by atoms with Gasteiger partial charge in [-0.05, 0) is 36.4 Å². The molecule has 0 amide bonds. The third kappa shape index (κ3) is 3.14. The topological polar surface area (TPSA) is 62.8 Å². The minimum atomic E-state index is 0.610. The Balaban J connectivity index is 1.60.